The molecule has 0 bridgehead atoms. The number of halogens is 1. The highest BCUT2D eigenvalue weighted by molar-refractivity contribution is 9.10. The van der Waals surface area contributed by atoms with E-state index in [-0.39, 0.29) is 5.91 Å². The number of amides is 1. The van der Waals surface area contributed by atoms with Gasteiger partial charge in [-0.05, 0) is 28.9 Å². The van der Waals surface area contributed by atoms with Crippen LogP contribution in [-0.2, 0) is 6.54 Å². The monoisotopic (exact) mass is 338 g/mol. The lowest BCUT2D eigenvalue weighted by Gasteiger charge is -2.10. The van der Waals surface area contributed by atoms with Gasteiger partial charge in [0.05, 0.1) is 18.3 Å². The standard InChI is InChI=1S/C12H15BrN6O/c1-2-14-11-10(7-9(13)8-16-11)12(20)15-3-5-19-6-4-17-18-19/h4,6-8H,2-3,5H2,1H3,(H,14,16)(H,15,20). The molecular formula is C12H15BrN6O. The molecule has 2 aromatic heterocycles. The molecule has 0 aromatic carbocycles. The predicted octanol–water partition coefficient (Wildman–Crippen LogP) is 1.30. The van der Waals surface area contributed by atoms with Gasteiger partial charge in [0.25, 0.3) is 5.91 Å². The van der Waals surface area contributed by atoms with E-state index < -0.39 is 0 Å². The quantitative estimate of drug-likeness (QED) is 0.829. The van der Waals surface area contributed by atoms with E-state index in [1.54, 1.807) is 29.3 Å². The minimum absolute atomic E-state index is 0.171. The van der Waals surface area contributed by atoms with Crippen molar-refractivity contribution in [1.82, 2.24) is 25.3 Å². The minimum Gasteiger partial charge on any atom is -0.370 e. The normalized spacial score (nSPS) is 10.3. The van der Waals surface area contributed by atoms with Gasteiger partial charge in [0.1, 0.15) is 5.82 Å². The first-order valence-corrected chi connectivity index (χ1v) is 7.01. The van der Waals surface area contributed by atoms with Crippen molar-refractivity contribution in [2.75, 3.05) is 18.4 Å². The number of aromatic nitrogens is 4. The third-order valence-corrected chi connectivity index (χ3v) is 2.98. The first-order chi connectivity index (χ1) is 9.70. The van der Waals surface area contributed by atoms with Crippen molar-refractivity contribution >= 4 is 27.7 Å². The number of nitrogens with one attached hydrogen (secondary N) is 2. The predicted molar refractivity (Wildman–Crippen MR) is 78.5 cm³/mol. The van der Waals surface area contributed by atoms with Gasteiger partial charge in [-0.15, -0.1) is 5.10 Å². The highest BCUT2D eigenvalue weighted by Crippen LogP contribution is 2.17. The van der Waals surface area contributed by atoms with Crippen LogP contribution in [0.5, 0.6) is 0 Å². The maximum Gasteiger partial charge on any atom is 0.255 e. The van der Waals surface area contributed by atoms with E-state index >= 15 is 0 Å². The van der Waals surface area contributed by atoms with Crippen LogP contribution in [0.15, 0.2) is 29.1 Å². The van der Waals surface area contributed by atoms with E-state index in [4.69, 9.17) is 0 Å². The van der Waals surface area contributed by atoms with Gasteiger partial charge in [-0.25, -0.2) is 4.98 Å². The van der Waals surface area contributed by atoms with Crippen molar-refractivity contribution in [3.05, 3.63) is 34.7 Å². The number of pyridine rings is 1. The van der Waals surface area contributed by atoms with Crippen LogP contribution in [0.1, 0.15) is 17.3 Å². The Morgan fingerprint density at radius 1 is 1.50 bits per heavy atom. The first-order valence-electron chi connectivity index (χ1n) is 6.22. The van der Waals surface area contributed by atoms with Gasteiger partial charge in [0, 0.05) is 30.0 Å². The van der Waals surface area contributed by atoms with Crippen LogP contribution in [0.4, 0.5) is 5.82 Å². The average molecular weight is 339 g/mol. The molecule has 0 radical (unpaired) electrons. The molecule has 0 spiro atoms. The molecule has 0 atom stereocenters. The molecule has 0 aliphatic carbocycles. The molecule has 20 heavy (non-hydrogen) atoms. The molecule has 106 valence electrons. The molecule has 0 fully saturated rings. The fourth-order valence-corrected chi connectivity index (χ4v) is 1.98. The highest BCUT2D eigenvalue weighted by Gasteiger charge is 2.12. The van der Waals surface area contributed by atoms with Crippen LogP contribution in [-0.4, -0.2) is 39.0 Å². The maximum absolute atomic E-state index is 12.2. The maximum atomic E-state index is 12.2. The van der Waals surface area contributed by atoms with Crippen molar-refractivity contribution in [3.63, 3.8) is 0 Å². The number of carbonyl (C=O) groups excluding carboxylic acids is 1. The Balaban J connectivity index is 1.99. The molecule has 8 heteroatoms. The summed E-state index contributed by atoms with van der Waals surface area (Å²) in [6.45, 7) is 3.70. The highest BCUT2D eigenvalue weighted by atomic mass is 79.9. The van der Waals surface area contributed by atoms with E-state index in [1.807, 2.05) is 6.92 Å². The van der Waals surface area contributed by atoms with E-state index in [0.29, 0.717) is 31.0 Å². The SMILES string of the molecule is CCNc1ncc(Br)cc1C(=O)NCCn1ccnn1. The smallest absolute Gasteiger partial charge is 0.255 e. The molecule has 0 saturated heterocycles. The summed E-state index contributed by atoms with van der Waals surface area (Å²) >= 11 is 3.32. The van der Waals surface area contributed by atoms with Crippen molar-refractivity contribution in [3.8, 4) is 0 Å². The molecule has 2 aromatic rings. The molecular weight excluding hydrogens is 324 g/mol. The Morgan fingerprint density at radius 2 is 2.35 bits per heavy atom. The van der Waals surface area contributed by atoms with Crippen LogP contribution in [0, 0.1) is 0 Å². The molecule has 2 rings (SSSR count). The second-order valence-electron chi connectivity index (χ2n) is 4.00. The summed E-state index contributed by atoms with van der Waals surface area (Å²) < 4.78 is 2.42. The second kappa shape index (κ2) is 6.99. The number of carbonyl (C=O) groups is 1. The summed E-state index contributed by atoms with van der Waals surface area (Å²) in [5, 5.41) is 13.4. The van der Waals surface area contributed by atoms with E-state index in [9.17, 15) is 4.79 Å². The Bertz CT molecular complexity index is 571. The van der Waals surface area contributed by atoms with Crippen molar-refractivity contribution in [1.29, 1.82) is 0 Å². The zero-order valence-electron chi connectivity index (χ0n) is 11.0. The third kappa shape index (κ3) is 3.77. The first kappa shape index (κ1) is 14.4. The van der Waals surface area contributed by atoms with Gasteiger partial charge in [-0.1, -0.05) is 5.21 Å². The van der Waals surface area contributed by atoms with Crippen LogP contribution >= 0.6 is 15.9 Å². The van der Waals surface area contributed by atoms with Gasteiger partial charge >= 0.3 is 0 Å². The van der Waals surface area contributed by atoms with Crippen molar-refractivity contribution in [2.45, 2.75) is 13.5 Å². The summed E-state index contributed by atoms with van der Waals surface area (Å²) in [5.74, 6) is 0.406. The molecule has 7 nitrogen and oxygen atoms in total. The summed E-state index contributed by atoms with van der Waals surface area (Å²) in [6, 6.07) is 1.75. The number of rotatable bonds is 6. The van der Waals surface area contributed by atoms with Gasteiger partial charge in [0.2, 0.25) is 0 Å². The molecule has 0 unspecified atom stereocenters. The zero-order valence-corrected chi connectivity index (χ0v) is 12.6. The van der Waals surface area contributed by atoms with Crippen molar-refractivity contribution in [2.24, 2.45) is 0 Å². The topological polar surface area (TPSA) is 84.7 Å². The number of anilines is 1. The molecule has 0 aliphatic heterocycles. The lowest BCUT2D eigenvalue weighted by atomic mass is 10.2. The Hall–Kier alpha value is -1.96. The largest absolute Gasteiger partial charge is 0.370 e. The Morgan fingerprint density at radius 3 is 3.05 bits per heavy atom. The van der Waals surface area contributed by atoms with Crippen LogP contribution in [0.2, 0.25) is 0 Å². The summed E-state index contributed by atoms with van der Waals surface area (Å²) in [6.07, 6.45) is 5.00. The summed E-state index contributed by atoms with van der Waals surface area (Å²) in [4.78, 5) is 16.4. The molecule has 0 saturated carbocycles. The molecule has 2 heterocycles. The summed E-state index contributed by atoms with van der Waals surface area (Å²) in [5.41, 5.74) is 0.514. The Kier molecular flexibility index (Phi) is 5.05. The van der Waals surface area contributed by atoms with Crippen LogP contribution in [0.25, 0.3) is 0 Å². The number of hydrogen-bond acceptors (Lipinski definition) is 5. The fraction of sp³-hybridized carbons (Fsp3) is 0.333. The number of hydrogen-bond donors (Lipinski definition) is 2. The van der Waals surface area contributed by atoms with Gasteiger partial charge in [0.15, 0.2) is 0 Å². The van der Waals surface area contributed by atoms with Crippen LogP contribution < -0.4 is 10.6 Å². The van der Waals surface area contributed by atoms with E-state index in [1.165, 1.54) is 0 Å². The zero-order chi connectivity index (χ0) is 14.4. The lowest BCUT2D eigenvalue weighted by molar-refractivity contribution is 0.0952. The van der Waals surface area contributed by atoms with Crippen LogP contribution in [0.3, 0.4) is 0 Å². The van der Waals surface area contributed by atoms with Gasteiger partial charge < -0.3 is 10.6 Å². The fourth-order valence-electron chi connectivity index (χ4n) is 1.65. The lowest BCUT2D eigenvalue weighted by Crippen LogP contribution is -2.28. The van der Waals surface area contributed by atoms with Gasteiger partial charge in [-0.2, -0.15) is 0 Å². The third-order valence-electron chi connectivity index (χ3n) is 2.54. The minimum atomic E-state index is -0.171. The van der Waals surface area contributed by atoms with E-state index in [2.05, 4.69) is 41.9 Å². The second-order valence-corrected chi connectivity index (χ2v) is 4.92. The van der Waals surface area contributed by atoms with E-state index in [0.717, 1.165) is 4.47 Å². The molecule has 2 N–H and O–H groups in total. The summed E-state index contributed by atoms with van der Waals surface area (Å²) in [7, 11) is 0. The van der Waals surface area contributed by atoms with Crippen molar-refractivity contribution < 1.29 is 4.79 Å². The Labute approximate surface area is 124 Å². The molecule has 1 amide bonds. The van der Waals surface area contributed by atoms with Gasteiger partial charge in [-0.3, -0.25) is 9.48 Å². The molecule has 0 aliphatic rings. The number of nitrogens with zero attached hydrogens (tertiary/aromatic N) is 4. The average Bonchev–Trinajstić information content (AvgIpc) is 2.94.